The molecule has 0 amide bonds. The van der Waals surface area contributed by atoms with Crippen molar-refractivity contribution in [3.63, 3.8) is 0 Å². The van der Waals surface area contributed by atoms with Crippen LogP contribution < -0.4 is 10.1 Å². The fraction of sp³-hybridized carbons (Fsp3) is 0.176. The van der Waals surface area contributed by atoms with E-state index in [4.69, 9.17) is 4.74 Å². The average molecular weight is 379 g/mol. The molecule has 0 bridgehead atoms. The van der Waals surface area contributed by atoms with E-state index >= 15 is 0 Å². The molecule has 0 aliphatic rings. The van der Waals surface area contributed by atoms with Crippen LogP contribution in [0, 0.1) is 19.9 Å². The second kappa shape index (κ2) is 6.84. The SMILES string of the molecule is COc1cc(Nc2ncnc3cc(C)[c-]cc23)ccc1C.[Ru+]. The Balaban J connectivity index is 0.00000176. The van der Waals surface area contributed by atoms with Gasteiger partial charge in [0.2, 0.25) is 0 Å². The van der Waals surface area contributed by atoms with Gasteiger partial charge in [0, 0.05) is 11.8 Å². The van der Waals surface area contributed by atoms with Gasteiger partial charge in [0.15, 0.2) is 0 Å². The summed E-state index contributed by atoms with van der Waals surface area (Å²) in [5.74, 6) is 1.61. The van der Waals surface area contributed by atoms with Crippen LogP contribution in [0.2, 0.25) is 0 Å². The van der Waals surface area contributed by atoms with E-state index < -0.39 is 0 Å². The zero-order chi connectivity index (χ0) is 14.8. The molecule has 1 heterocycles. The maximum Gasteiger partial charge on any atom is 1.00 e. The fourth-order valence-electron chi connectivity index (χ4n) is 2.23. The Kier molecular flexibility index (Phi) is 5.09. The Hall–Kier alpha value is -2.00. The molecular weight excluding hydrogens is 363 g/mol. The van der Waals surface area contributed by atoms with Crippen molar-refractivity contribution in [3.05, 3.63) is 53.9 Å². The number of methoxy groups -OCH3 is 1. The molecule has 3 rings (SSSR count). The molecule has 1 radical (unpaired) electrons. The predicted molar refractivity (Wildman–Crippen MR) is 84.1 cm³/mol. The van der Waals surface area contributed by atoms with E-state index in [0.717, 1.165) is 39.3 Å². The fourth-order valence-corrected chi connectivity index (χ4v) is 2.23. The smallest absolute Gasteiger partial charge is 0.496 e. The molecule has 5 heteroatoms. The minimum atomic E-state index is 0. The van der Waals surface area contributed by atoms with Crippen molar-refractivity contribution in [1.82, 2.24) is 9.97 Å². The predicted octanol–water partition coefficient (Wildman–Crippen LogP) is 3.80. The molecule has 0 aliphatic heterocycles. The van der Waals surface area contributed by atoms with E-state index in [1.165, 1.54) is 0 Å². The third-order valence-corrected chi connectivity index (χ3v) is 3.38. The summed E-state index contributed by atoms with van der Waals surface area (Å²) in [6, 6.07) is 13.1. The van der Waals surface area contributed by atoms with Crippen LogP contribution >= 0.6 is 0 Å². The minimum Gasteiger partial charge on any atom is -0.496 e. The molecule has 3 aromatic rings. The summed E-state index contributed by atoms with van der Waals surface area (Å²) in [4.78, 5) is 8.62. The number of anilines is 2. The maximum atomic E-state index is 5.35. The summed E-state index contributed by atoms with van der Waals surface area (Å²) in [5.41, 5.74) is 3.99. The van der Waals surface area contributed by atoms with Crippen molar-refractivity contribution in [2.45, 2.75) is 13.8 Å². The Labute approximate surface area is 142 Å². The number of benzene rings is 2. The normalized spacial score (nSPS) is 10.1. The molecule has 0 spiro atoms. The Bertz CT molecular complexity index is 805. The molecule has 1 aromatic heterocycles. The van der Waals surface area contributed by atoms with Crippen LogP contribution in [0.5, 0.6) is 5.75 Å². The molecule has 0 atom stereocenters. The quantitative estimate of drug-likeness (QED) is 0.556. The number of aromatic nitrogens is 2. The van der Waals surface area contributed by atoms with E-state index in [1.54, 1.807) is 13.4 Å². The molecule has 0 saturated carbocycles. The molecule has 0 fully saturated rings. The van der Waals surface area contributed by atoms with Gasteiger partial charge < -0.3 is 10.1 Å². The van der Waals surface area contributed by atoms with Gasteiger partial charge >= 0.3 is 19.5 Å². The number of rotatable bonds is 3. The summed E-state index contributed by atoms with van der Waals surface area (Å²) < 4.78 is 5.35. The van der Waals surface area contributed by atoms with E-state index in [2.05, 4.69) is 21.4 Å². The Morgan fingerprint density at radius 1 is 1.14 bits per heavy atom. The van der Waals surface area contributed by atoms with Gasteiger partial charge in [-0.25, -0.2) is 4.98 Å². The molecule has 22 heavy (non-hydrogen) atoms. The zero-order valence-electron chi connectivity index (χ0n) is 12.6. The van der Waals surface area contributed by atoms with E-state index in [0.29, 0.717) is 0 Å². The molecule has 0 aliphatic carbocycles. The standard InChI is InChI=1S/C17H16N3O.Ru/c1-11-4-7-14-15(8-11)18-10-19-17(14)20-13-6-5-12(2)16(9-13)21-3;/h5-10H,1-3H3,(H,18,19,20);/q-1;+1. The number of nitrogens with one attached hydrogen (secondary N) is 1. The van der Waals surface area contributed by atoms with Gasteiger partial charge in [-0.3, -0.25) is 4.98 Å². The van der Waals surface area contributed by atoms with Crippen LogP contribution in [0.25, 0.3) is 10.9 Å². The summed E-state index contributed by atoms with van der Waals surface area (Å²) in [7, 11) is 1.67. The first-order valence-electron chi connectivity index (χ1n) is 6.72. The van der Waals surface area contributed by atoms with Crippen molar-refractivity contribution in [1.29, 1.82) is 0 Å². The van der Waals surface area contributed by atoms with Crippen molar-refractivity contribution in [3.8, 4) is 5.75 Å². The Morgan fingerprint density at radius 2 is 1.95 bits per heavy atom. The van der Waals surface area contributed by atoms with Crippen LogP contribution in [0.4, 0.5) is 11.5 Å². The van der Waals surface area contributed by atoms with Crippen LogP contribution in [0.3, 0.4) is 0 Å². The van der Waals surface area contributed by atoms with Crippen LogP contribution in [0.1, 0.15) is 11.1 Å². The third kappa shape index (κ3) is 3.25. The molecule has 1 N–H and O–H groups in total. The van der Waals surface area contributed by atoms with Gasteiger partial charge in [-0.1, -0.05) is 18.4 Å². The molecular formula is C17H16N3ORu. The minimum absolute atomic E-state index is 0. The van der Waals surface area contributed by atoms with Crippen LogP contribution in [-0.2, 0) is 19.5 Å². The molecule has 0 saturated heterocycles. The van der Waals surface area contributed by atoms with Gasteiger partial charge in [-0.2, -0.15) is 17.7 Å². The summed E-state index contributed by atoms with van der Waals surface area (Å²) in [5, 5.41) is 4.26. The largest absolute Gasteiger partial charge is 1.00 e. The molecule has 2 aromatic carbocycles. The van der Waals surface area contributed by atoms with Crippen molar-refractivity contribution < 1.29 is 24.2 Å². The number of ether oxygens (including phenoxy) is 1. The molecule has 4 nitrogen and oxygen atoms in total. The van der Waals surface area contributed by atoms with E-state index in [1.807, 2.05) is 44.2 Å². The zero-order valence-corrected chi connectivity index (χ0v) is 14.4. The second-order valence-electron chi connectivity index (χ2n) is 4.95. The monoisotopic (exact) mass is 380 g/mol. The van der Waals surface area contributed by atoms with Gasteiger partial charge in [0.05, 0.1) is 12.9 Å². The number of nitrogens with zero attached hydrogens (tertiary/aromatic N) is 2. The van der Waals surface area contributed by atoms with E-state index in [-0.39, 0.29) is 19.5 Å². The molecule has 0 unspecified atom stereocenters. The van der Waals surface area contributed by atoms with Crippen LogP contribution in [-0.4, -0.2) is 17.1 Å². The van der Waals surface area contributed by atoms with Crippen molar-refractivity contribution in [2.75, 3.05) is 12.4 Å². The van der Waals surface area contributed by atoms with Gasteiger partial charge in [0.1, 0.15) is 12.1 Å². The maximum absolute atomic E-state index is 5.35. The summed E-state index contributed by atoms with van der Waals surface area (Å²) in [6.07, 6.45) is 1.57. The topological polar surface area (TPSA) is 47.0 Å². The number of fused-ring (bicyclic) bond motifs is 1. The first-order chi connectivity index (χ1) is 10.2. The van der Waals surface area contributed by atoms with Gasteiger partial charge in [0.25, 0.3) is 0 Å². The third-order valence-electron chi connectivity index (χ3n) is 3.38. The average Bonchev–Trinajstić information content (AvgIpc) is 2.49. The summed E-state index contributed by atoms with van der Waals surface area (Å²) >= 11 is 0. The Morgan fingerprint density at radius 3 is 2.73 bits per heavy atom. The van der Waals surface area contributed by atoms with Crippen molar-refractivity contribution >= 4 is 22.4 Å². The van der Waals surface area contributed by atoms with E-state index in [9.17, 15) is 0 Å². The van der Waals surface area contributed by atoms with Gasteiger partial charge in [-0.15, -0.1) is 6.07 Å². The first-order valence-corrected chi connectivity index (χ1v) is 6.72. The van der Waals surface area contributed by atoms with Crippen LogP contribution in [0.15, 0.2) is 36.7 Å². The number of aryl methyl sites for hydroxylation is 2. The van der Waals surface area contributed by atoms with Crippen molar-refractivity contribution in [2.24, 2.45) is 0 Å². The first kappa shape index (κ1) is 16.4. The molecule has 113 valence electrons. The second-order valence-corrected chi connectivity index (χ2v) is 4.95. The summed E-state index contributed by atoms with van der Waals surface area (Å²) in [6.45, 7) is 4.01. The number of hydrogen-bond acceptors (Lipinski definition) is 4. The van der Waals surface area contributed by atoms with Gasteiger partial charge in [-0.05, 0) is 24.1 Å². The number of hydrogen-bond donors (Lipinski definition) is 1.